The van der Waals surface area contributed by atoms with Crippen LogP contribution in [0.4, 0.5) is 0 Å². The molecular weight excluding hydrogens is 180 g/mol. The molecule has 14 heavy (non-hydrogen) atoms. The van der Waals surface area contributed by atoms with Crippen molar-refractivity contribution in [2.45, 2.75) is 19.4 Å². The molecule has 0 amide bonds. The first-order valence-corrected chi connectivity index (χ1v) is 4.80. The third-order valence-corrected chi connectivity index (χ3v) is 1.98. The Morgan fingerprint density at radius 3 is 2.71 bits per heavy atom. The fraction of sp³-hybridized carbons (Fsp3) is 0.455. The Morgan fingerprint density at radius 1 is 1.36 bits per heavy atom. The highest BCUT2D eigenvalue weighted by atomic mass is 16.5. The van der Waals surface area contributed by atoms with Gasteiger partial charge in [0, 0.05) is 18.6 Å². The Kier molecular flexibility index (Phi) is 4.43. The van der Waals surface area contributed by atoms with Crippen LogP contribution in [0.1, 0.15) is 25.0 Å². The highest BCUT2D eigenvalue weighted by molar-refractivity contribution is 5.34. The van der Waals surface area contributed by atoms with E-state index in [-0.39, 0.29) is 6.61 Å². The third-order valence-electron chi connectivity index (χ3n) is 1.98. The van der Waals surface area contributed by atoms with E-state index < -0.39 is 6.10 Å². The minimum Gasteiger partial charge on any atom is -0.493 e. The van der Waals surface area contributed by atoms with Crippen molar-refractivity contribution in [1.29, 1.82) is 0 Å². The molecule has 0 saturated carbocycles. The molecule has 0 saturated heterocycles. The second-order valence-corrected chi connectivity index (χ2v) is 3.00. The van der Waals surface area contributed by atoms with Crippen molar-refractivity contribution in [2.24, 2.45) is 0 Å². The van der Waals surface area contributed by atoms with Gasteiger partial charge >= 0.3 is 0 Å². The number of aliphatic hydroxyl groups is 2. The Labute approximate surface area is 84.0 Å². The fourth-order valence-electron chi connectivity index (χ4n) is 1.32. The first kappa shape index (κ1) is 11.0. The van der Waals surface area contributed by atoms with Crippen molar-refractivity contribution in [3.63, 3.8) is 0 Å². The average molecular weight is 196 g/mol. The zero-order chi connectivity index (χ0) is 10.4. The van der Waals surface area contributed by atoms with Gasteiger partial charge in [0.05, 0.1) is 12.7 Å². The predicted octanol–water partition coefficient (Wildman–Crippen LogP) is 1.50. The van der Waals surface area contributed by atoms with Crippen molar-refractivity contribution in [1.82, 2.24) is 0 Å². The van der Waals surface area contributed by atoms with E-state index in [0.717, 1.165) is 5.56 Å². The van der Waals surface area contributed by atoms with Crippen LogP contribution in [0.5, 0.6) is 5.75 Å². The zero-order valence-electron chi connectivity index (χ0n) is 8.31. The van der Waals surface area contributed by atoms with Gasteiger partial charge in [-0.15, -0.1) is 0 Å². The van der Waals surface area contributed by atoms with Crippen LogP contribution in [0.3, 0.4) is 0 Å². The summed E-state index contributed by atoms with van der Waals surface area (Å²) in [6, 6.07) is 7.34. The van der Waals surface area contributed by atoms with Crippen molar-refractivity contribution >= 4 is 0 Å². The van der Waals surface area contributed by atoms with Crippen LogP contribution in [0.2, 0.25) is 0 Å². The topological polar surface area (TPSA) is 49.7 Å². The predicted molar refractivity (Wildman–Crippen MR) is 54.3 cm³/mol. The van der Waals surface area contributed by atoms with E-state index in [4.69, 9.17) is 9.84 Å². The molecule has 0 aromatic heterocycles. The van der Waals surface area contributed by atoms with E-state index in [9.17, 15) is 5.11 Å². The highest BCUT2D eigenvalue weighted by Gasteiger charge is 2.11. The molecule has 2 N–H and O–H groups in total. The summed E-state index contributed by atoms with van der Waals surface area (Å²) in [5.41, 5.74) is 0.739. The van der Waals surface area contributed by atoms with Gasteiger partial charge in [-0.2, -0.15) is 0 Å². The lowest BCUT2D eigenvalue weighted by molar-refractivity contribution is 0.130. The molecule has 3 nitrogen and oxygen atoms in total. The van der Waals surface area contributed by atoms with Gasteiger partial charge in [-0.25, -0.2) is 0 Å². The van der Waals surface area contributed by atoms with Gasteiger partial charge in [-0.05, 0) is 13.0 Å². The van der Waals surface area contributed by atoms with Crippen LogP contribution in [0, 0.1) is 0 Å². The summed E-state index contributed by atoms with van der Waals surface area (Å²) < 4.78 is 5.36. The van der Waals surface area contributed by atoms with E-state index in [1.807, 2.05) is 31.2 Å². The summed E-state index contributed by atoms with van der Waals surface area (Å²) in [7, 11) is 0. The molecule has 78 valence electrons. The minimum atomic E-state index is -0.650. The van der Waals surface area contributed by atoms with Gasteiger partial charge in [-0.1, -0.05) is 18.2 Å². The summed E-state index contributed by atoms with van der Waals surface area (Å²) in [6.07, 6.45) is -0.313. The molecule has 0 radical (unpaired) electrons. The molecule has 1 aromatic carbocycles. The van der Waals surface area contributed by atoms with Crippen molar-refractivity contribution in [3.8, 4) is 5.75 Å². The van der Waals surface area contributed by atoms with Crippen molar-refractivity contribution in [2.75, 3.05) is 13.2 Å². The maximum Gasteiger partial charge on any atom is 0.125 e. The molecule has 0 heterocycles. The lowest BCUT2D eigenvalue weighted by Gasteiger charge is -2.14. The highest BCUT2D eigenvalue weighted by Crippen LogP contribution is 2.26. The molecule has 0 bridgehead atoms. The van der Waals surface area contributed by atoms with Crippen LogP contribution >= 0.6 is 0 Å². The van der Waals surface area contributed by atoms with Gasteiger partial charge in [0.25, 0.3) is 0 Å². The summed E-state index contributed by atoms with van der Waals surface area (Å²) in [5.74, 6) is 0.691. The Morgan fingerprint density at radius 2 is 2.07 bits per heavy atom. The SMILES string of the molecule is CCOc1ccccc1C(O)CCO. The lowest BCUT2D eigenvalue weighted by atomic mass is 10.1. The largest absolute Gasteiger partial charge is 0.493 e. The monoisotopic (exact) mass is 196 g/mol. The number of aliphatic hydroxyl groups excluding tert-OH is 2. The maximum absolute atomic E-state index is 9.69. The number of benzene rings is 1. The molecule has 1 rings (SSSR count). The molecule has 1 aromatic rings. The number of hydrogen-bond donors (Lipinski definition) is 2. The van der Waals surface area contributed by atoms with Crippen LogP contribution < -0.4 is 4.74 Å². The first-order chi connectivity index (χ1) is 6.79. The zero-order valence-corrected chi connectivity index (χ0v) is 8.31. The standard InChI is InChI=1S/C11H16O3/c1-2-14-11-6-4-3-5-9(11)10(13)7-8-12/h3-6,10,12-13H,2,7-8H2,1H3. The molecule has 3 heteroatoms. The molecular formula is C11H16O3. The van der Waals surface area contributed by atoms with Gasteiger partial charge < -0.3 is 14.9 Å². The Hall–Kier alpha value is -1.06. The van der Waals surface area contributed by atoms with Crippen LogP contribution in [0.15, 0.2) is 24.3 Å². The summed E-state index contributed by atoms with van der Waals surface area (Å²) >= 11 is 0. The van der Waals surface area contributed by atoms with Crippen molar-refractivity contribution in [3.05, 3.63) is 29.8 Å². The summed E-state index contributed by atoms with van der Waals surface area (Å²) in [4.78, 5) is 0. The fourth-order valence-corrected chi connectivity index (χ4v) is 1.32. The van der Waals surface area contributed by atoms with Crippen molar-refractivity contribution < 1.29 is 14.9 Å². The second kappa shape index (κ2) is 5.62. The third kappa shape index (κ3) is 2.72. The average Bonchev–Trinajstić information content (AvgIpc) is 2.19. The molecule has 0 aliphatic carbocycles. The Bertz CT molecular complexity index is 273. The normalized spacial score (nSPS) is 12.5. The second-order valence-electron chi connectivity index (χ2n) is 3.00. The van der Waals surface area contributed by atoms with E-state index >= 15 is 0 Å². The summed E-state index contributed by atoms with van der Waals surface area (Å²) in [6.45, 7) is 2.44. The molecule has 0 aliphatic rings. The maximum atomic E-state index is 9.69. The number of para-hydroxylation sites is 1. The van der Waals surface area contributed by atoms with Gasteiger partial charge in [0.15, 0.2) is 0 Å². The lowest BCUT2D eigenvalue weighted by Crippen LogP contribution is -2.04. The van der Waals surface area contributed by atoms with Gasteiger partial charge in [0.2, 0.25) is 0 Å². The van der Waals surface area contributed by atoms with Crippen LogP contribution in [0.25, 0.3) is 0 Å². The van der Waals surface area contributed by atoms with E-state index in [1.54, 1.807) is 0 Å². The number of rotatable bonds is 5. The smallest absolute Gasteiger partial charge is 0.125 e. The quantitative estimate of drug-likeness (QED) is 0.750. The van der Waals surface area contributed by atoms with Crippen LogP contribution in [-0.2, 0) is 0 Å². The van der Waals surface area contributed by atoms with Crippen LogP contribution in [-0.4, -0.2) is 23.4 Å². The molecule has 1 atom stereocenters. The number of ether oxygens (including phenoxy) is 1. The minimum absolute atomic E-state index is 0.0262. The number of hydrogen-bond acceptors (Lipinski definition) is 3. The summed E-state index contributed by atoms with van der Waals surface area (Å²) in [5, 5.41) is 18.4. The van der Waals surface area contributed by atoms with Gasteiger partial charge in [-0.3, -0.25) is 0 Å². The molecule has 0 aliphatic heterocycles. The molecule has 0 fully saturated rings. The first-order valence-electron chi connectivity index (χ1n) is 4.80. The van der Waals surface area contributed by atoms with E-state index in [1.165, 1.54) is 0 Å². The Balaban J connectivity index is 2.82. The molecule has 0 spiro atoms. The molecule has 1 unspecified atom stereocenters. The van der Waals surface area contributed by atoms with Gasteiger partial charge in [0.1, 0.15) is 5.75 Å². The van der Waals surface area contributed by atoms with E-state index in [2.05, 4.69) is 0 Å². The van der Waals surface area contributed by atoms with E-state index in [0.29, 0.717) is 18.8 Å².